The van der Waals surface area contributed by atoms with Crippen molar-refractivity contribution in [2.24, 2.45) is 0 Å². The number of carbonyl (C=O) groups is 1. The molecule has 1 aromatic heterocycles. The molecular formula is C17H24N6O. The number of amides is 2. The minimum Gasteiger partial charge on any atom is -0.334 e. The lowest BCUT2D eigenvalue weighted by molar-refractivity contribution is 0.199. The molecule has 0 spiro atoms. The van der Waals surface area contributed by atoms with Crippen LogP contribution in [0.3, 0.4) is 0 Å². The minimum absolute atomic E-state index is 0.0250. The third kappa shape index (κ3) is 4.55. The molecule has 1 aromatic carbocycles. The summed E-state index contributed by atoms with van der Waals surface area (Å²) in [6.07, 6.45) is 4.26. The van der Waals surface area contributed by atoms with Crippen LogP contribution in [0.5, 0.6) is 0 Å². The first-order valence-electron chi connectivity index (χ1n) is 8.32. The van der Waals surface area contributed by atoms with Crippen LogP contribution in [0, 0.1) is 0 Å². The molecule has 7 nitrogen and oxygen atoms in total. The van der Waals surface area contributed by atoms with E-state index in [1.165, 1.54) is 6.33 Å². The Hall–Kier alpha value is -2.41. The maximum Gasteiger partial charge on any atom is 0.317 e. The minimum atomic E-state index is 0.0250. The van der Waals surface area contributed by atoms with E-state index in [9.17, 15) is 4.79 Å². The van der Waals surface area contributed by atoms with Gasteiger partial charge in [0.1, 0.15) is 12.7 Å². The quantitative estimate of drug-likeness (QED) is 0.915. The van der Waals surface area contributed by atoms with Crippen molar-refractivity contribution in [2.75, 3.05) is 33.2 Å². The van der Waals surface area contributed by atoms with Crippen molar-refractivity contribution in [3.63, 3.8) is 0 Å². The fourth-order valence-electron chi connectivity index (χ4n) is 2.80. The Kier molecular flexibility index (Phi) is 5.43. The second-order valence-corrected chi connectivity index (χ2v) is 6.21. The second kappa shape index (κ2) is 7.92. The lowest BCUT2D eigenvalue weighted by atomic mass is 10.1. The van der Waals surface area contributed by atoms with Gasteiger partial charge in [-0.3, -0.25) is 0 Å². The van der Waals surface area contributed by atoms with Crippen LogP contribution in [0.4, 0.5) is 4.79 Å². The summed E-state index contributed by atoms with van der Waals surface area (Å²) in [5.41, 5.74) is 2.25. The molecule has 0 bridgehead atoms. The zero-order valence-electron chi connectivity index (χ0n) is 14.1. The fraction of sp³-hybridized carbons (Fsp3) is 0.471. The zero-order chi connectivity index (χ0) is 16.8. The Morgan fingerprint density at radius 3 is 2.67 bits per heavy atom. The maximum atomic E-state index is 12.3. The van der Waals surface area contributed by atoms with Crippen LogP contribution in [0.15, 0.2) is 36.9 Å². The molecule has 2 aromatic rings. The van der Waals surface area contributed by atoms with E-state index in [-0.39, 0.29) is 6.03 Å². The molecule has 1 saturated heterocycles. The van der Waals surface area contributed by atoms with E-state index in [0.29, 0.717) is 13.1 Å². The number of nitrogens with one attached hydrogen (secondary N) is 1. The van der Waals surface area contributed by atoms with Gasteiger partial charge < -0.3 is 15.1 Å². The summed E-state index contributed by atoms with van der Waals surface area (Å²) < 4.78 is 1.78. The average Bonchev–Trinajstić information content (AvgIpc) is 3.00. The molecule has 2 heterocycles. The lowest BCUT2D eigenvalue weighted by Crippen LogP contribution is -2.41. The highest BCUT2D eigenvalue weighted by Crippen LogP contribution is 2.07. The van der Waals surface area contributed by atoms with Gasteiger partial charge in [-0.05, 0) is 31.1 Å². The van der Waals surface area contributed by atoms with Crippen molar-refractivity contribution in [1.29, 1.82) is 0 Å². The van der Waals surface area contributed by atoms with E-state index in [4.69, 9.17) is 0 Å². The number of nitrogens with zero attached hydrogens (tertiary/aromatic N) is 5. The smallest absolute Gasteiger partial charge is 0.317 e. The van der Waals surface area contributed by atoms with Gasteiger partial charge in [0.25, 0.3) is 0 Å². The Morgan fingerprint density at radius 1 is 1.12 bits per heavy atom. The highest BCUT2D eigenvalue weighted by atomic mass is 16.2. The van der Waals surface area contributed by atoms with Crippen LogP contribution in [-0.4, -0.2) is 63.8 Å². The molecule has 0 aliphatic carbocycles. The van der Waals surface area contributed by atoms with Crippen molar-refractivity contribution < 1.29 is 4.79 Å². The number of likely N-dealkylation sites (N-methyl/N-ethyl adjacent to an activating group) is 1. The number of hydrogen-bond donors (Lipinski definition) is 1. The number of aromatic nitrogens is 3. The van der Waals surface area contributed by atoms with Gasteiger partial charge in [-0.2, -0.15) is 5.10 Å². The number of hydrogen-bond acceptors (Lipinski definition) is 4. The van der Waals surface area contributed by atoms with Gasteiger partial charge in [-0.25, -0.2) is 14.5 Å². The van der Waals surface area contributed by atoms with E-state index in [2.05, 4.69) is 39.5 Å². The standard InChI is InChI=1S/C17H24N6O/c1-21-7-2-8-22(10-9-21)17(24)19-11-15-3-5-16(6-4-15)12-23-14-18-13-20-23/h3-6,13-14H,2,7-12H2,1H3,(H,19,24). The van der Waals surface area contributed by atoms with Crippen LogP contribution < -0.4 is 5.32 Å². The zero-order valence-corrected chi connectivity index (χ0v) is 14.1. The molecule has 0 radical (unpaired) electrons. The third-order valence-corrected chi connectivity index (χ3v) is 4.28. The number of urea groups is 1. The molecule has 128 valence electrons. The Balaban J connectivity index is 1.48. The summed E-state index contributed by atoms with van der Waals surface area (Å²) >= 11 is 0. The summed E-state index contributed by atoms with van der Waals surface area (Å²) in [5, 5.41) is 7.12. The van der Waals surface area contributed by atoms with E-state index >= 15 is 0 Å². The van der Waals surface area contributed by atoms with Crippen molar-refractivity contribution in [3.8, 4) is 0 Å². The predicted molar refractivity (Wildman–Crippen MR) is 91.5 cm³/mol. The highest BCUT2D eigenvalue weighted by molar-refractivity contribution is 5.74. The highest BCUT2D eigenvalue weighted by Gasteiger charge is 2.16. The Bertz CT molecular complexity index is 640. The summed E-state index contributed by atoms with van der Waals surface area (Å²) in [6.45, 7) is 4.86. The molecule has 1 aliphatic heterocycles. The van der Waals surface area contributed by atoms with E-state index in [0.717, 1.165) is 43.7 Å². The number of benzene rings is 1. The largest absolute Gasteiger partial charge is 0.334 e. The normalized spacial score (nSPS) is 16.0. The number of carbonyl (C=O) groups excluding carboxylic acids is 1. The topological polar surface area (TPSA) is 66.3 Å². The van der Waals surface area contributed by atoms with E-state index in [1.54, 1.807) is 11.0 Å². The van der Waals surface area contributed by atoms with Crippen molar-refractivity contribution in [3.05, 3.63) is 48.0 Å². The van der Waals surface area contributed by atoms with Gasteiger partial charge in [0.05, 0.1) is 6.54 Å². The van der Waals surface area contributed by atoms with Gasteiger partial charge in [-0.1, -0.05) is 24.3 Å². The monoisotopic (exact) mass is 328 g/mol. The van der Waals surface area contributed by atoms with Gasteiger partial charge in [0, 0.05) is 26.2 Å². The molecular weight excluding hydrogens is 304 g/mol. The van der Waals surface area contributed by atoms with Crippen molar-refractivity contribution in [1.82, 2.24) is 29.9 Å². The van der Waals surface area contributed by atoms with Gasteiger partial charge in [0.2, 0.25) is 0 Å². The molecule has 24 heavy (non-hydrogen) atoms. The Labute approximate surface area is 142 Å². The SMILES string of the molecule is CN1CCCN(C(=O)NCc2ccc(Cn3cncn3)cc2)CC1. The summed E-state index contributed by atoms with van der Waals surface area (Å²) in [6, 6.07) is 8.23. The first kappa shape index (κ1) is 16.4. The first-order chi connectivity index (χ1) is 11.7. The van der Waals surface area contributed by atoms with E-state index in [1.807, 2.05) is 17.0 Å². The molecule has 0 saturated carbocycles. The van der Waals surface area contributed by atoms with Gasteiger partial charge in [0.15, 0.2) is 0 Å². The fourth-order valence-corrected chi connectivity index (χ4v) is 2.80. The Morgan fingerprint density at radius 2 is 1.92 bits per heavy atom. The first-order valence-corrected chi connectivity index (χ1v) is 8.32. The molecule has 3 rings (SSSR count). The maximum absolute atomic E-state index is 12.3. The van der Waals surface area contributed by atoms with Crippen LogP contribution in [0.25, 0.3) is 0 Å². The van der Waals surface area contributed by atoms with Crippen LogP contribution in [0.2, 0.25) is 0 Å². The molecule has 0 atom stereocenters. The lowest BCUT2D eigenvalue weighted by Gasteiger charge is -2.21. The number of rotatable bonds is 4. The molecule has 1 fully saturated rings. The predicted octanol–water partition coefficient (Wildman–Crippen LogP) is 1.17. The molecule has 1 N–H and O–H groups in total. The van der Waals surface area contributed by atoms with Crippen LogP contribution >= 0.6 is 0 Å². The summed E-state index contributed by atoms with van der Waals surface area (Å²) in [5.74, 6) is 0. The van der Waals surface area contributed by atoms with Crippen molar-refractivity contribution >= 4 is 6.03 Å². The van der Waals surface area contributed by atoms with Crippen molar-refractivity contribution in [2.45, 2.75) is 19.5 Å². The van der Waals surface area contributed by atoms with Gasteiger partial charge >= 0.3 is 6.03 Å². The molecule has 7 heteroatoms. The van der Waals surface area contributed by atoms with Gasteiger partial charge in [-0.15, -0.1) is 0 Å². The van der Waals surface area contributed by atoms with Crippen LogP contribution in [0.1, 0.15) is 17.5 Å². The van der Waals surface area contributed by atoms with Crippen LogP contribution in [-0.2, 0) is 13.1 Å². The molecule has 0 unspecified atom stereocenters. The third-order valence-electron chi connectivity index (χ3n) is 4.28. The molecule has 1 aliphatic rings. The van der Waals surface area contributed by atoms with E-state index < -0.39 is 0 Å². The molecule has 2 amide bonds. The summed E-state index contributed by atoms with van der Waals surface area (Å²) in [7, 11) is 2.10. The summed E-state index contributed by atoms with van der Waals surface area (Å²) in [4.78, 5) is 20.4. The average molecular weight is 328 g/mol. The second-order valence-electron chi connectivity index (χ2n) is 6.21.